The number of aromatic nitrogens is 3. The molecule has 2 aromatic heterocycles. The number of rotatable bonds is 4. The maximum atomic E-state index is 13.5. The summed E-state index contributed by atoms with van der Waals surface area (Å²) in [7, 11) is -3.11. The molecule has 0 saturated carbocycles. The Kier molecular flexibility index (Phi) is 5.48. The Labute approximate surface area is 198 Å². The van der Waals surface area contributed by atoms with E-state index in [1.807, 2.05) is 63.2 Å². The van der Waals surface area contributed by atoms with Crippen molar-refractivity contribution in [3.05, 3.63) is 77.0 Å². The van der Waals surface area contributed by atoms with Crippen molar-refractivity contribution in [3.63, 3.8) is 0 Å². The monoisotopic (exact) mass is 474 g/mol. The third kappa shape index (κ3) is 4.21. The fraction of sp³-hybridized carbons (Fsp3) is 0.269. The van der Waals surface area contributed by atoms with Crippen molar-refractivity contribution in [1.29, 1.82) is 0 Å². The Morgan fingerprint density at radius 2 is 1.74 bits per heavy atom. The summed E-state index contributed by atoms with van der Waals surface area (Å²) in [4.78, 5) is 18.4. The number of carbonyl (C=O) groups excluding carboxylic acids is 1. The molecule has 1 unspecified atom stereocenters. The number of nitrogens with one attached hydrogen (secondary N) is 1. The van der Waals surface area contributed by atoms with E-state index in [9.17, 15) is 13.2 Å². The van der Waals surface area contributed by atoms with Gasteiger partial charge in [0.05, 0.1) is 39.9 Å². The van der Waals surface area contributed by atoms with E-state index < -0.39 is 9.84 Å². The summed E-state index contributed by atoms with van der Waals surface area (Å²) in [6, 6.07) is 17.1. The van der Waals surface area contributed by atoms with Gasteiger partial charge in [0.25, 0.3) is 5.91 Å². The number of carbonyl (C=O) groups is 1. The Bertz CT molecular complexity index is 1500. The molecule has 8 heteroatoms. The first-order chi connectivity index (χ1) is 16.2. The number of pyridine rings is 1. The van der Waals surface area contributed by atoms with Crippen LogP contribution in [0.25, 0.3) is 22.3 Å². The van der Waals surface area contributed by atoms with Gasteiger partial charge in [0.15, 0.2) is 15.5 Å². The molecule has 1 amide bonds. The second-order valence-electron chi connectivity index (χ2n) is 9.04. The molecular formula is C26H26N4O3S. The predicted octanol–water partition coefficient (Wildman–Crippen LogP) is 4.64. The van der Waals surface area contributed by atoms with Crippen LogP contribution >= 0.6 is 0 Å². The minimum absolute atomic E-state index is 0.0323. The molecule has 174 valence electrons. The summed E-state index contributed by atoms with van der Waals surface area (Å²) in [5.74, 6) is -0.0857. The van der Waals surface area contributed by atoms with Gasteiger partial charge in [0.2, 0.25) is 0 Å². The van der Waals surface area contributed by atoms with Crippen molar-refractivity contribution < 1.29 is 13.2 Å². The molecule has 2 aromatic carbocycles. The molecule has 1 fully saturated rings. The zero-order chi connectivity index (χ0) is 24.0. The molecular weight excluding hydrogens is 448 g/mol. The molecule has 1 saturated heterocycles. The topological polar surface area (TPSA) is 93.9 Å². The normalized spacial score (nSPS) is 17.2. The molecule has 0 spiro atoms. The van der Waals surface area contributed by atoms with Crippen LogP contribution in [0.2, 0.25) is 0 Å². The van der Waals surface area contributed by atoms with Crippen molar-refractivity contribution in [3.8, 4) is 11.3 Å². The minimum atomic E-state index is -3.11. The van der Waals surface area contributed by atoms with Gasteiger partial charge in [0.1, 0.15) is 0 Å². The molecule has 7 nitrogen and oxygen atoms in total. The second kappa shape index (κ2) is 8.36. The summed E-state index contributed by atoms with van der Waals surface area (Å²) < 4.78 is 26.0. The van der Waals surface area contributed by atoms with Gasteiger partial charge in [-0.05, 0) is 56.5 Å². The number of benzene rings is 2. The lowest BCUT2D eigenvalue weighted by atomic mass is 10.0. The highest BCUT2D eigenvalue weighted by Crippen LogP contribution is 2.32. The molecule has 0 radical (unpaired) electrons. The fourth-order valence-electron chi connectivity index (χ4n) is 4.72. The SMILES string of the molecule is Cc1cc(C)cc(NC(=O)c2cc(-c3ccccc3)nc3c2c(C)nn3C2CCS(=O)(=O)C2)c1. The maximum Gasteiger partial charge on any atom is 0.256 e. The zero-order valence-corrected chi connectivity index (χ0v) is 20.2. The van der Waals surface area contributed by atoms with Crippen molar-refractivity contribution in [1.82, 2.24) is 14.8 Å². The molecule has 0 bridgehead atoms. The molecule has 0 aliphatic carbocycles. The highest BCUT2D eigenvalue weighted by molar-refractivity contribution is 7.91. The second-order valence-corrected chi connectivity index (χ2v) is 11.3. The maximum absolute atomic E-state index is 13.5. The molecule has 34 heavy (non-hydrogen) atoms. The van der Waals surface area contributed by atoms with E-state index in [1.54, 1.807) is 10.7 Å². The average molecular weight is 475 g/mol. The van der Waals surface area contributed by atoms with Crippen molar-refractivity contribution >= 4 is 32.5 Å². The van der Waals surface area contributed by atoms with Crippen LogP contribution in [0.4, 0.5) is 5.69 Å². The van der Waals surface area contributed by atoms with E-state index in [1.165, 1.54) is 0 Å². The largest absolute Gasteiger partial charge is 0.322 e. The number of sulfone groups is 1. The lowest BCUT2D eigenvalue weighted by Gasteiger charge is -2.13. The first kappa shape index (κ1) is 22.3. The number of anilines is 1. The van der Waals surface area contributed by atoms with E-state index in [0.717, 1.165) is 22.4 Å². The molecule has 3 heterocycles. The minimum Gasteiger partial charge on any atom is -0.322 e. The molecule has 4 aromatic rings. The number of hydrogen-bond acceptors (Lipinski definition) is 5. The van der Waals surface area contributed by atoms with Crippen LogP contribution in [0.15, 0.2) is 54.6 Å². The standard InChI is InChI=1S/C26H26N4O3S/c1-16-11-17(2)13-20(12-16)27-26(31)22-14-23(19-7-5-4-6-8-19)28-25-24(22)18(3)29-30(25)21-9-10-34(32,33)15-21/h4-8,11-14,21H,9-10,15H2,1-3H3,(H,27,31). The Hall–Kier alpha value is -3.52. The number of hydrogen-bond donors (Lipinski definition) is 1. The summed E-state index contributed by atoms with van der Waals surface area (Å²) >= 11 is 0. The van der Waals surface area contributed by atoms with Gasteiger partial charge in [-0.1, -0.05) is 36.4 Å². The van der Waals surface area contributed by atoms with Gasteiger partial charge in [-0.3, -0.25) is 4.79 Å². The van der Waals surface area contributed by atoms with Crippen LogP contribution in [0.5, 0.6) is 0 Å². The van der Waals surface area contributed by atoms with Gasteiger partial charge >= 0.3 is 0 Å². The average Bonchev–Trinajstić information content (AvgIpc) is 3.32. The van der Waals surface area contributed by atoms with Gasteiger partial charge in [-0.2, -0.15) is 5.10 Å². The summed E-state index contributed by atoms with van der Waals surface area (Å²) in [6.45, 7) is 5.81. The van der Waals surface area contributed by atoms with E-state index in [-0.39, 0.29) is 23.5 Å². The summed E-state index contributed by atoms with van der Waals surface area (Å²) in [6.07, 6.45) is 0.486. The molecule has 1 N–H and O–H groups in total. The van der Waals surface area contributed by atoms with Crippen molar-refractivity contribution in [2.75, 3.05) is 16.8 Å². The van der Waals surface area contributed by atoms with Crippen molar-refractivity contribution in [2.45, 2.75) is 33.2 Å². The highest BCUT2D eigenvalue weighted by atomic mass is 32.2. The molecule has 1 aliphatic rings. The van der Waals surface area contributed by atoms with Gasteiger partial charge in [-0.25, -0.2) is 18.1 Å². The lowest BCUT2D eigenvalue weighted by Crippen LogP contribution is -2.15. The Morgan fingerprint density at radius 3 is 2.38 bits per heavy atom. The predicted molar refractivity (Wildman–Crippen MR) is 134 cm³/mol. The fourth-order valence-corrected chi connectivity index (χ4v) is 6.41. The van der Waals surface area contributed by atoms with E-state index in [2.05, 4.69) is 16.5 Å². The molecule has 5 rings (SSSR count). The third-order valence-corrected chi connectivity index (χ3v) is 7.94. The summed E-state index contributed by atoms with van der Waals surface area (Å²) in [5, 5.41) is 8.33. The van der Waals surface area contributed by atoms with E-state index in [4.69, 9.17) is 4.98 Å². The molecule has 1 atom stereocenters. The van der Waals surface area contributed by atoms with Crippen LogP contribution in [-0.2, 0) is 9.84 Å². The first-order valence-corrected chi connectivity index (χ1v) is 13.1. The van der Waals surface area contributed by atoms with Gasteiger partial charge in [0, 0.05) is 11.3 Å². The van der Waals surface area contributed by atoms with Crippen LogP contribution < -0.4 is 5.32 Å². The Balaban J connectivity index is 1.67. The number of amides is 1. The quantitative estimate of drug-likeness (QED) is 0.465. The van der Waals surface area contributed by atoms with Crippen LogP contribution in [0.3, 0.4) is 0 Å². The number of aryl methyl sites for hydroxylation is 3. The third-order valence-electron chi connectivity index (χ3n) is 6.18. The summed E-state index contributed by atoms with van der Waals surface area (Å²) in [5.41, 5.74) is 6.00. The Morgan fingerprint density at radius 1 is 1.03 bits per heavy atom. The zero-order valence-electron chi connectivity index (χ0n) is 19.4. The van der Waals surface area contributed by atoms with E-state index in [0.29, 0.717) is 34.4 Å². The van der Waals surface area contributed by atoms with Crippen LogP contribution in [-0.4, -0.2) is 40.6 Å². The van der Waals surface area contributed by atoms with Gasteiger partial charge in [-0.15, -0.1) is 0 Å². The highest BCUT2D eigenvalue weighted by Gasteiger charge is 2.32. The smallest absolute Gasteiger partial charge is 0.256 e. The van der Waals surface area contributed by atoms with Crippen molar-refractivity contribution in [2.24, 2.45) is 0 Å². The number of nitrogens with zero attached hydrogens (tertiary/aromatic N) is 3. The number of fused-ring (bicyclic) bond motifs is 1. The molecule has 1 aliphatic heterocycles. The first-order valence-electron chi connectivity index (χ1n) is 11.3. The van der Waals surface area contributed by atoms with Crippen LogP contribution in [0, 0.1) is 20.8 Å². The van der Waals surface area contributed by atoms with Crippen LogP contribution in [0.1, 0.15) is 39.6 Å². The van der Waals surface area contributed by atoms with E-state index >= 15 is 0 Å². The van der Waals surface area contributed by atoms with Gasteiger partial charge < -0.3 is 5.32 Å². The lowest BCUT2D eigenvalue weighted by molar-refractivity contribution is 0.102.